The summed E-state index contributed by atoms with van der Waals surface area (Å²) in [6.45, 7) is 0. The molecule has 0 aliphatic carbocycles. The van der Waals surface area contributed by atoms with Gasteiger partial charge in [0.2, 0.25) is 0 Å². The highest BCUT2D eigenvalue weighted by molar-refractivity contribution is 6.07. The first-order valence-electron chi connectivity index (χ1n) is 6.78. The van der Waals surface area contributed by atoms with Crippen LogP contribution in [0.25, 0.3) is 22.0 Å². The lowest BCUT2D eigenvalue weighted by atomic mass is 9.94. The van der Waals surface area contributed by atoms with Gasteiger partial charge >= 0.3 is 12.1 Å². The SMILES string of the molecule is O=C(O)c1c(F)cnc2c(-c3ccccc3)c(C(F)(F)F)ccc12. The minimum absolute atomic E-state index is 0.186. The lowest BCUT2D eigenvalue weighted by Gasteiger charge is -2.16. The van der Waals surface area contributed by atoms with Crippen molar-refractivity contribution in [2.45, 2.75) is 6.18 Å². The lowest BCUT2D eigenvalue weighted by Crippen LogP contribution is -2.10. The summed E-state index contributed by atoms with van der Waals surface area (Å²) in [7, 11) is 0. The first-order valence-corrected chi connectivity index (χ1v) is 6.78. The third kappa shape index (κ3) is 2.58. The third-order valence-corrected chi connectivity index (χ3v) is 3.57. The van der Waals surface area contributed by atoms with E-state index >= 15 is 0 Å². The number of hydrogen-bond acceptors (Lipinski definition) is 2. The Balaban J connectivity index is 2.49. The van der Waals surface area contributed by atoms with Crippen molar-refractivity contribution in [1.82, 2.24) is 4.98 Å². The number of aromatic nitrogens is 1. The van der Waals surface area contributed by atoms with E-state index in [2.05, 4.69) is 4.98 Å². The second-order valence-corrected chi connectivity index (χ2v) is 5.03. The van der Waals surface area contributed by atoms with Crippen molar-refractivity contribution in [2.75, 3.05) is 0 Å². The molecular formula is C17H9F4NO2. The molecule has 0 spiro atoms. The second kappa shape index (κ2) is 5.59. The summed E-state index contributed by atoms with van der Waals surface area (Å²) in [5, 5.41) is 8.98. The highest BCUT2D eigenvalue weighted by atomic mass is 19.4. The summed E-state index contributed by atoms with van der Waals surface area (Å²) in [6, 6.07) is 9.33. The van der Waals surface area contributed by atoms with E-state index in [0.29, 0.717) is 6.20 Å². The van der Waals surface area contributed by atoms with Gasteiger partial charge in [0.15, 0.2) is 5.82 Å². The standard InChI is InChI=1S/C17H9F4NO2/c18-12-8-22-15-10(14(12)16(23)24)6-7-11(17(19,20)21)13(15)9-4-2-1-3-5-9/h1-8H,(H,23,24). The van der Waals surface area contributed by atoms with Crippen LogP contribution in [0.15, 0.2) is 48.7 Å². The van der Waals surface area contributed by atoms with Crippen molar-refractivity contribution in [2.24, 2.45) is 0 Å². The number of carbonyl (C=O) groups is 1. The van der Waals surface area contributed by atoms with E-state index in [1.54, 1.807) is 18.2 Å². The summed E-state index contributed by atoms with van der Waals surface area (Å²) in [5.41, 5.74) is -1.94. The average Bonchev–Trinajstić information content (AvgIpc) is 2.53. The van der Waals surface area contributed by atoms with Crippen LogP contribution in [0.2, 0.25) is 0 Å². The minimum Gasteiger partial charge on any atom is -0.478 e. The van der Waals surface area contributed by atoms with Crippen LogP contribution < -0.4 is 0 Å². The maximum absolute atomic E-state index is 13.8. The zero-order valence-electron chi connectivity index (χ0n) is 11.9. The van der Waals surface area contributed by atoms with Gasteiger partial charge in [-0.1, -0.05) is 36.4 Å². The highest BCUT2D eigenvalue weighted by Gasteiger charge is 2.35. The molecule has 1 heterocycles. The van der Waals surface area contributed by atoms with Crippen LogP contribution in [0.1, 0.15) is 15.9 Å². The zero-order valence-corrected chi connectivity index (χ0v) is 11.9. The molecule has 1 aromatic heterocycles. The number of halogens is 4. The van der Waals surface area contributed by atoms with Gasteiger partial charge in [-0.05, 0) is 11.6 Å². The fourth-order valence-corrected chi connectivity index (χ4v) is 2.59. The maximum atomic E-state index is 13.8. The minimum atomic E-state index is -4.67. The smallest absolute Gasteiger partial charge is 0.417 e. The fourth-order valence-electron chi connectivity index (χ4n) is 2.59. The fraction of sp³-hybridized carbons (Fsp3) is 0.0588. The monoisotopic (exact) mass is 335 g/mol. The van der Waals surface area contributed by atoms with Crippen LogP contribution >= 0.6 is 0 Å². The molecule has 0 saturated heterocycles. The summed E-state index contributed by atoms with van der Waals surface area (Å²) in [6.07, 6.45) is -4.04. The molecule has 2 aromatic carbocycles. The van der Waals surface area contributed by atoms with Crippen LogP contribution in [0, 0.1) is 5.82 Å². The quantitative estimate of drug-likeness (QED) is 0.687. The number of benzene rings is 2. The van der Waals surface area contributed by atoms with Crippen LogP contribution in [0.4, 0.5) is 17.6 Å². The number of alkyl halides is 3. The molecule has 3 rings (SSSR count). The van der Waals surface area contributed by atoms with Crippen LogP contribution in [-0.2, 0) is 6.18 Å². The third-order valence-electron chi connectivity index (χ3n) is 3.57. The van der Waals surface area contributed by atoms with Gasteiger partial charge in [0, 0.05) is 10.9 Å². The number of fused-ring (bicyclic) bond motifs is 1. The number of carboxylic acids is 1. The predicted octanol–water partition coefficient (Wildman–Crippen LogP) is 4.76. The summed E-state index contributed by atoms with van der Waals surface area (Å²) in [5.74, 6) is -2.67. The van der Waals surface area contributed by atoms with Gasteiger partial charge in [0.05, 0.1) is 17.3 Å². The van der Waals surface area contributed by atoms with Crippen molar-refractivity contribution in [3.05, 3.63) is 65.6 Å². The lowest BCUT2D eigenvalue weighted by molar-refractivity contribution is -0.137. The molecule has 0 aliphatic rings. The Morgan fingerprint density at radius 2 is 1.71 bits per heavy atom. The molecule has 0 saturated carbocycles. The topological polar surface area (TPSA) is 50.2 Å². The number of hydrogen-bond donors (Lipinski definition) is 1. The van der Waals surface area contributed by atoms with Crippen LogP contribution in [0.5, 0.6) is 0 Å². The molecule has 0 atom stereocenters. The second-order valence-electron chi connectivity index (χ2n) is 5.03. The molecule has 0 unspecified atom stereocenters. The van der Waals surface area contributed by atoms with E-state index in [9.17, 15) is 22.4 Å². The highest BCUT2D eigenvalue weighted by Crippen LogP contribution is 2.41. The molecule has 0 aliphatic heterocycles. The molecule has 24 heavy (non-hydrogen) atoms. The van der Waals surface area contributed by atoms with Crippen molar-refractivity contribution in [3.63, 3.8) is 0 Å². The first kappa shape index (κ1) is 15.9. The molecular weight excluding hydrogens is 326 g/mol. The van der Waals surface area contributed by atoms with Crippen LogP contribution in [-0.4, -0.2) is 16.1 Å². The molecule has 0 fully saturated rings. The number of nitrogens with zero attached hydrogens (tertiary/aromatic N) is 1. The molecule has 122 valence electrons. The van der Waals surface area contributed by atoms with E-state index in [-0.39, 0.29) is 22.0 Å². The molecule has 1 N–H and O–H groups in total. The van der Waals surface area contributed by atoms with Gasteiger partial charge in [-0.25, -0.2) is 9.18 Å². The van der Waals surface area contributed by atoms with Gasteiger partial charge in [0.1, 0.15) is 5.56 Å². The Labute approximate surface area is 133 Å². The largest absolute Gasteiger partial charge is 0.478 e. The summed E-state index contributed by atoms with van der Waals surface area (Å²) < 4.78 is 53.9. The van der Waals surface area contributed by atoms with E-state index in [1.165, 1.54) is 12.1 Å². The van der Waals surface area contributed by atoms with Gasteiger partial charge in [0.25, 0.3) is 0 Å². The molecule has 7 heteroatoms. The Kier molecular flexibility index (Phi) is 3.71. The van der Waals surface area contributed by atoms with E-state index < -0.39 is 29.1 Å². The molecule has 0 radical (unpaired) electrons. The van der Waals surface area contributed by atoms with Crippen LogP contribution in [0.3, 0.4) is 0 Å². The van der Waals surface area contributed by atoms with Gasteiger partial charge in [-0.15, -0.1) is 0 Å². The Bertz CT molecular complexity index is 937. The number of rotatable bonds is 2. The number of carboxylic acid groups (broad SMARTS) is 1. The summed E-state index contributed by atoms with van der Waals surface area (Å²) in [4.78, 5) is 15.0. The van der Waals surface area contributed by atoms with E-state index in [1.807, 2.05) is 0 Å². The molecule has 3 aromatic rings. The van der Waals surface area contributed by atoms with Gasteiger partial charge in [-0.2, -0.15) is 13.2 Å². The van der Waals surface area contributed by atoms with E-state index in [0.717, 1.165) is 12.1 Å². The summed E-state index contributed by atoms with van der Waals surface area (Å²) >= 11 is 0. The molecule has 0 amide bonds. The van der Waals surface area contributed by atoms with Gasteiger partial charge in [-0.3, -0.25) is 4.98 Å². The van der Waals surface area contributed by atoms with Crippen molar-refractivity contribution in [3.8, 4) is 11.1 Å². The van der Waals surface area contributed by atoms with Crippen molar-refractivity contribution >= 4 is 16.9 Å². The van der Waals surface area contributed by atoms with Crippen molar-refractivity contribution in [1.29, 1.82) is 0 Å². The molecule has 3 nitrogen and oxygen atoms in total. The normalized spacial score (nSPS) is 11.7. The maximum Gasteiger partial charge on any atom is 0.417 e. The molecule has 0 bridgehead atoms. The Hall–Kier alpha value is -2.96. The Morgan fingerprint density at radius 1 is 1.04 bits per heavy atom. The van der Waals surface area contributed by atoms with E-state index in [4.69, 9.17) is 5.11 Å². The predicted molar refractivity (Wildman–Crippen MR) is 79.1 cm³/mol. The van der Waals surface area contributed by atoms with Crippen molar-refractivity contribution < 1.29 is 27.5 Å². The Morgan fingerprint density at radius 3 is 2.29 bits per heavy atom. The number of pyridine rings is 1. The zero-order chi connectivity index (χ0) is 17.5. The first-order chi connectivity index (χ1) is 11.3. The average molecular weight is 335 g/mol. The number of aromatic carboxylic acids is 1. The van der Waals surface area contributed by atoms with Gasteiger partial charge < -0.3 is 5.11 Å².